The van der Waals surface area contributed by atoms with Crippen LogP contribution in [0.25, 0.3) is 6.08 Å². The Morgan fingerprint density at radius 3 is 2.18 bits per heavy atom. The van der Waals surface area contributed by atoms with E-state index >= 15 is 0 Å². The molecule has 0 aliphatic heterocycles. The number of carbonyl (C=O) groups excluding carboxylic acids is 3. The molecule has 1 unspecified atom stereocenters. The van der Waals surface area contributed by atoms with E-state index in [1.54, 1.807) is 66.7 Å². The van der Waals surface area contributed by atoms with Gasteiger partial charge in [0.25, 0.3) is 11.8 Å². The van der Waals surface area contributed by atoms with Crippen molar-refractivity contribution in [1.82, 2.24) is 5.32 Å². The van der Waals surface area contributed by atoms with E-state index < -0.39 is 17.1 Å². The van der Waals surface area contributed by atoms with Crippen LogP contribution in [-0.2, 0) is 9.59 Å². The molecule has 9 heteroatoms. The van der Waals surface area contributed by atoms with Crippen molar-refractivity contribution in [2.75, 3.05) is 17.2 Å². The molecule has 0 spiro atoms. The third-order valence-corrected chi connectivity index (χ3v) is 8.90. The highest BCUT2D eigenvalue weighted by Crippen LogP contribution is 2.37. The number of nitrogens with one attached hydrogen (secondary N) is 3. The fourth-order valence-corrected chi connectivity index (χ4v) is 6.02. The average Bonchev–Trinajstić information content (AvgIpc) is 3.13. The Kier molecular flexibility index (Phi) is 12.7. The molecule has 248 valence electrons. The molecule has 0 saturated carbocycles. The molecule has 3 N–H and O–H groups in total. The molecule has 0 heterocycles. The van der Waals surface area contributed by atoms with Crippen molar-refractivity contribution in [2.45, 2.75) is 29.9 Å². The molecule has 5 aromatic rings. The van der Waals surface area contributed by atoms with Crippen molar-refractivity contribution in [1.29, 1.82) is 0 Å². The molecule has 3 amide bonds. The Morgan fingerprint density at radius 1 is 0.776 bits per heavy atom. The molecule has 0 radical (unpaired) electrons. The van der Waals surface area contributed by atoms with Gasteiger partial charge < -0.3 is 20.7 Å². The van der Waals surface area contributed by atoms with E-state index in [9.17, 15) is 14.4 Å². The van der Waals surface area contributed by atoms with Gasteiger partial charge in [-0.15, -0.1) is 11.8 Å². The summed E-state index contributed by atoms with van der Waals surface area (Å²) in [7, 11) is 0. The van der Waals surface area contributed by atoms with Gasteiger partial charge in [-0.2, -0.15) is 0 Å². The van der Waals surface area contributed by atoms with Gasteiger partial charge in [-0.1, -0.05) is 97.7 Å². The van der Waals surface area contributed by atoms with Gasteiger partial charge in [0.15, 0.2) is 0 Å². The van der Waals surface area contributed by atoms with Gasteiger partial charge in [-0.05, 0) is 84.3 Å². The molecular weight excluding hydrogens is 654 g/mol. The smallest absolute Gasteiger partial charge is 0.272 e. The van der Waals surface area contributed by atoms with Gasteiger partial charge in [0.05, 0.1) is 6.61 Å². The highest BCUT2D eigenvalue weighted by molar-refractivity contribution is 8.00. The van der Waals surface area contributed by atoms with Crippen LogP contribution in [0.2, 0.25) is 5.02 Å². The first kappa shape index (κ1) is 35.0. The average molecular weight is 690 g/mol. The monoisotopic (exact) mass is 689 g/mol. The summed E-state index contributed by atoms with van der Waals surface area (Å²) in [5.41, 5.74) is 2.96. The normalized spacial score (nSPS) is 11.7. The van der Waals surface area contributed by atoms with E-state index in [1.165, 1.54) is 17.8 Å². The van der Waals surface area contributed by atoms with Crippen molar-refractivity contribution >= 4 is 58.5 Å². The van der Waals surface area contributed by atoms with Crippen LogP contribution in [0, 0.1) is 0 Å². The maximum absolute atomic E-state index is 13.7. The summed E-state index contributed by atoms with van der Waals surface area (Å²) >= 11 is 7.74. The van der Waals surface area contributed by atoms with Crippen LogP contribution in [0.3, 0.4) is 0 Å². The first-order valence-electron chi connectivity index (χ1n) is 15.9. The summed E-state index contributed by atoms with van der Waals surface area (Å²) < 4.78 is 5.75. The van der Waals surface area contributed by atoms with Crippen molar-refractivity contribution in [3.8, 4) is 5.75 Å². The minimum Gasteiger partial charge on any atom is -0.494 e. The van der Waals surface area contributed by atoms with E-state index in [-0.39, 0.29) is 11.6 Å². The molecule has 5 aromatic carbocycles. The fourth-order valence-electron chi connectivity index (χ4n) is 4.75. The van der Waals surface area contributed by atoms with Crippen LogP contribution in [0.15, 0.2) is 144 Å². The number of ether oxygens (including phenoxy) is 1. The van der Waals surface area contributed by atoms with E-state index in [0.29, 0.717) is 34.1 Å². The molecule has 7 nitrogen and oxygen atoms in total. The van der Waals surface area contributed by atoms with Crippen LogP contribution in [0.1, 0.15) is 46.5 Å². The maximum Gasteiger partial charge on any atom is 0.272 e. The number of hydrogen-bond donors (Lipinski definition) is 3. The Morgan fingerprint density at radius 2 is 1.47 bits per heavy atom. The van der Waals surface area contributed by atoms with Gasteiger partial charge in [-0.3, -0.25) is 14.4 Å². The second-order valence-electron chi connectivity index (χ2n) is 11.0. The van der Waals surface area contributed by atoms with Crippen molar-refractivity contribution in [2.24, 2.45) is 0 Å². The SMILES string of the molecule is CCCCOc1ccc(NC(=O)C(Sc2cccc(NC(=O)/C(=C\c3ccccc3Cl)NC(=O)c3ccccc3)c2)c2ccccc2)cc1. The van der Waals surface area contributed by atoms with E-state index in [4.69, 9.17) is 16.3 Å². The van der Waals surface area contributed by atoms with Crippen LogP contribution >= 0.6 is 23.4 Å². The number of hydrogen-bond acceptors (Lipinski definition) is 5. The summed E-state index contributed by atoms with van der Waals surface area (Å²) in [5, 5.41) is 8.51. The zero-order valence-electron chi connectivity index (χ0n) is 26.9. The summed E-state index contributed by atoms with van der Waals surface area (Å²) in [4.78, 5) is 41.1. The maximum atomic E-state index is 13.7. The standard InChI is InChI=1S/C40H36ClN3O4S/c1-2-3-25-48-33-23-21-31(22-24-33)42-40(47)37(28-13-6-4-7-14-28)49-34-19-12-18-32(27-34)43-39(46)36(26-30-17-10-11-20-35(30)41)44-38(45)29-15-8-5-9-16-29/h4-24,26-27,37H,2-3,25H2,1H3,(H,42,47)(H,43,46)(H,44,45)/b36-26+. The zero-order chi connectivity index (χ0) is 34.4. The van der Waals surface area contributed by atoms with Crippen LogP contribution in [-0.4, -0.2) is 24.3 Å². The lowest BCUT2D eigenvalue weighted by atomic mass is 10.1. The number of benzene rings is 5. The summed E-state index contributed by atoms with van der Waals surface area (Å²) in [6.45, 7) is 2.76. The number of thioether (sulfide) groups is 1. The van der Waals surface area contributed by atoms with Gasteiger partial charge in [-0.25, -0.2) is 0 Å². The molecule has 0 aliphatic rings. The number of halogens is 1. The van der Waals surface area contributed by atoms with E-state index in [2.05, 4.69) is 22.9 Å². The first-order chi connectivity index (χ1) is 23.9. The largest absolute Gasteiger partial charge is 0.494 e. The predicted octanol–water partition coefficient (Wildman–Crippen LogP) is 9.40. The lowest BCUT2D eigenvalue weighted by Crippen LogP contribution is -2.30. The number of anilines is 2. The zero-order valence-corrected chi connectivity index (χ0v) is 28.5. The summed E-state index contributed by atoms with van der Waals surface area (Å²) in [5.74, 6) is -0.415. The summed E-state index contributed by atoms with van der Waals surface area (Å²) in [6, 6.07) is 39.8. The Labute approximate surface area is 295 Å². The van der Waals surface area contributed by atoms with Crippen LogP contribution < -0.4 is 20.7 Å². The van der Waals surface area contributed by atoms with Crippen molar-refractivity contribution in [3.05, 3.63) is 161 Å². The first-order valence-corrected chi connectivity index (χ1v) is 17.1. The van der Waals surface area contributed by atoms with Crippen LogP contribution in [0.5, 0.6) is 5.75 Å². The van der Waals surface area contributed by atoms with Gasteiger partial charge in [0.1, 0.15) is 16.7 Å². The highest BCUT2D eigenvalue weighted by atomic mass is 35.5. The number of unbranched alkanes of at least 4 members (excludes halogenated alkanes) is 1. The van der Waals surface area contributed by atoms with Crippen molar-refractivity contribution in [3.63, 3.8) is 0 Å². The minimum absolute atomic E-state index is 0.0170. The Balaban J connectivity index is 1.34. The predicted molar refractivity (Wildman–Crippen MR) is 199 cm³/mol. The molecular formula is C40H36ClN3O4S. The number of amides is 3. The topological polar surface area (TPSA) is 96.5 Å². The molecule has 0 fully saturated rings. The lowest BCUT2D eigenvalue weighted by molar-refractivity contribution is -0.116. The molecule has 0 saturated heterocycles. The van der Waals surface area contributed by atoms with E-state index in [0.717, 1.165) is 29.1 Å². The molecule has 5 rings (SSSR count). The second kappa shape index (κ2) is 17.7. The Hall–Kier alpha value is -5.31. The molecule has 0 bridgehead atoms. The number of rotatable bonds is 14. The quantitative estimate of drug-likeness (QED) is 0.0613. The van der Waals surface area contributed by atoms with Gasteiger partial charge in [0, 0.05) is 26.9 Å². The summed E-state index contributed by atoms with van der Waals surface area (Å²) in [6.07, 6.45) is 3.57. The van der Waals surface area contributed by atoms with Crippen molar-refractivity contribution < 1.29 is 19.1 Å². The van der Waals surface area contributed by atoms with Crippen LogP contribution in [0.4, 0.5) is 11.4 Å². The van der Waals surface area contributed by atoms with Gasteiger partial charge in [0.2, 0.25) is 5.91 Å². The molecule has 0 aliphatic carbocycles. The third kappa shape index (κ3) is 10.3. The highest BCUT2D eigenvalue weighted by Gasteiger charge is 2.23. The fraction of sp³-hybridized carbons (Fsp3) is 0.125. The van der Waals surface area contributed by atoms with E-state index in [1.807, 2.05) is 66.7 Å². The number of carbonyl (C=O) groups is 3. The molecule has 49 heavy (non-hydrogen) atoms. The van der Waals surface area contributed by atoms with Gasteiger partial charge >= 0.3 is 0 Å². The minimum atomic E-state index is -0.589. The third-order valence-electron chi connectivity index (χ3n) is 7.31. The molecule has 1 atom stereocenters. The second-order valence-corrected chi connectivity index (χ2v) is 12.6. The lowest BCUT2D eigenvalue weighted by Gasteiger charge is -2.18. The Bertz CT molecular complexity index is 1900. The molecule has 0 aromatic heterocycles.